The number of benzene rings is 1. The number of guanidine groups is 1. The van der Waals surface area contributed by atoms with Crippen molar-refractivity contribution in [3.8, 4) is 0 Å². The molecule has 0 aliphatic carbocycles. The summed E-state index contributed by atoms with van der Waals surface area (Å²) in [4.78, 5) is 4.27. The van der Waals surface area contributed by atoms with Crippen molar-refractivity contribution in [3.63, 3.8) is 0 Å². The highest BCUT2D eigenvalue weighted by Gasteiger charge is 2.15. The molecule has 1 aliphatic rings. The molecular weight excluding hydrogens is 429 g/mol. The van der Waals surface area contributed by atoms with Crippen LogP contribution in [-0.4, -0.2) is 42.0 Å². The van der Waals surface area contributed by atoms with Gasteiger partial charge in [0.25, 0.3) is 0 Å². The second-order valence-corrected chi connectivity index (χ2v) is 5.97. The number of hydrogen-bond donors (Lipinski definition) is 2. The third-order valence-electron chi connectivity index (χ3n) is 4.10. The highest BCUT2D eigenvalue weighted by molar-refractivity contribution is 14.0. The van der Waals surface area contributed by atoms with E-state index >= 15 is 0 Å². The first-order chi connectivity index (χ1) is 11.8. The summed E-state index contributed by atoms with van der Waals surface area (Å²) >= 11 is 0. The molecule has 1 saturated heterocycles. The first kappa shape index (κ1) is 19.7. The monoisotopic (exact) mass is 455 g/mol. The molecule has 1 aromatic carbocycles. The molecule has 2 heterocycles. The van der Waals surface area contributed by atoms with Crippen molar-refractivity contribution in [2.45, 2.75) is 32.0 Å². The highest BCUT2D eigenvalue weighted by atomic mass is 127. The lowest BCUT2D eigenvalue weighted by atomic mass is 10.1. The van der Waals surface area contributed by atoms with Crippen LogP contribution in [0.2, 0.25) is 0 Å². The van der Waals surface area contributed by atoms with E-state index in [1.54, 1.807) is 13.2 Å². The van der Waals surface area contributed by atoms with Crippen LogP contribution in [0.1, 0.15) is 24.0 Å². The largest absolute Gasteiger partial charge is 0.376 e. The van der Waals surface area contributed by atoms with Crippen LogP contribution in [0.25, 0.3) is 0 Å². The second-order valence-electron chi connectivity index (χ2n) is 5.97. The molecule has 0 amide bonds. The Bertz CT molecular complexity index is 653. The molecule has 0 saturated carbocycles. The lowest BCUT2D eigenvalue weighted by molar-refractivity contribution is 0.114. The first-order valence-corrected chi connectivity index (χ1v) is 8.45. The molecule has 1 atom stereocenters. The molecule has 2 N–H and O–H groups in total. The van der Waals surface area contributed by atoms with E-state index in [1.165, 1.54) is 11.1 Å². The Labute approximate surface area is 166 Å². The van der Waals surface area contributed by atoms with Gasteiger partial charge in [0.1, 0.15) is 0 Å². The standard InChI is InChI=1S/C18H25N5O.HI/c1-19-18(21-13-17-7-3-10-24-17)20-12-15-5-2-6-16(11-15)14-23-9-4-8-22-23;/h2,4-6,8-9,11,17H,3,7,10,12-14H2,1H3,(H2,19,20,21);1H. The van der Waals surface area contributed by atoms with Gasteiger partial charge in [0.15, 0.2) is 5.96 Å². The Morgan fingerprint density at radius 2 is 2.20 bits per heavy atom. The molecular formula is C18H26IN5O. The van der Waals surface area contributed by atoms with Crippen molar-refractivity contribution >= 4 is 29.9 Å². The van der Waals surface area contributed by atoms with E-state index in [-0.39, 0.29) is 24.0 Å². The molecule has 0 bridgehead atoms. The van der Waals surface area contributed by atoms with Gasteiger partial charge in [0, 0.05) is 39.1 Å². The molecule has 6 nitrogen and oxygen atoms in total. The predicted octanol–water partition coefficient (Wildman–Crippen LogP) is 2.39. The molecule has 0 radical (unpaired) electrons. The van der Waals surface area contributed by atoms with Crippen LogP contribution in [-0.2, 0) is 17.8 Å². The zero-order chi connectivity index (χ0) is 16.6. The predicted molar refractivity (Wildman–Crippen MR) is 110 cm³/mol. The van der Waals surface area contributed by atoms with E-state index in [2.05, 4.69) is 45.0 Å². The van der Waals surface area contributed by atoms with Crippen LogP contribution in [0.4, 0.5) is 0 Å². The van der Waals surface area contributed by atoms with Crippen LogP contribution < -0.4 is 10.6 Å². The lowest BCUT2D eigenvalue weighted by Crippen LogP contribution is -2.40. The van der Waals surface area contributed by atoms with Gasteiger partial charge in [-0.3, -0.25) is 9.67 Å². The maximum atomic E-state index is 5.62. The fourth-order valence-electron chi connectivity index (χ4n) is 2.84. The normalized spacial score (nSPS) is 17.2. The smallest absolute Gasteiger partial charge is 0.191 e. The summed E-state index contributed by atoms with van der Waals surface area (Å²) in [5.74, 6) is 0.808. The summed E-state index contributed by atoms with van der Waals surface area (Å²) in [6.07, 6.45) is 6.36. The van der Waals surface area contributed by atoms with Gasteiger partial charge in [-0.15, -0.1) is 24.0 Å². The number of halogens is 1. The van der Waals surface area contributed by atoms with E-state index in [1.807, 2.05) is 16.9 Å². The minimum absolute atomic E-state index is 0. The molecule has 1 unspecified atom stereocenters. The van der Waals surface area contributed by atoms with Crippen molar-refractivity contribution in [1.82, 2.24) is 20.4 Å². The quantitative estimate of drug-likeness (QED) is 0.399. The third kappa shape index (κ3) is 6.32. The zero-order valence-electron chi connectivity index (χ0n) is 14.5. The third-order valence-corrected chi connectivity index (χ3v) is 4.10. The Morgan fingerprint density at radius 1 is 1.32 bits per heavy atom. The fourth-order valence-corrected chi connectivity index (χ4v) is 2.84. The van der Waals surface area contributed by atoms with Crippen molar-refractivity contribution < 1.29 is 4.74 Å². The first-order valence-electron chi connectivity index (χ1n) is 8.45. The van der Waals surface area contributed by atoms with Gasteiger partial charge in [0.2, 0.25) is 0 Å². The second kappa shape index (κ2) is 10.4. The van der Waals surface area contributed by atoms with Crippen LogP contribution >= 0.6 is 24.0 Å². The number of rotatable bonds is 6. The van der Waals surface area contributed by atoms with Gasteiger partial charge < -0.3 is 15.4 Å². The van der Waals surface area contributed by atoms with Gasteiger partial charge in [0.05, 0.1) is 12.6 Å². The lowest BCUT2D eigenvalue weighted by Gasteiger charge is -2.15. The van der Waals surface area contributed by atoms with Gasteiger partial charge >= 0.3 is 0 Å². The zero-order valence-corrected chi connectivity index (χ0v) is 16.8. The van der Waals surface area contributed by atoms with Gasteiger partial charge in [-0.2, -0.15) is 5.10 Å². The number of hydrogen-bond acceptors (Lipinski definition) is 3. The SMILES string of the molecule is CN=C(NCc1cccc(Cn2cccn2)c1)NCC1CCCO1.I. The summed E-state index contributed by atoms with van der Waals surface area (Å²) < 4.78 is 7.55. The topological polar surface area (TPSA) is 63.5 Å². The van der Waals surface area contributed by atoms with Crippen LogP contribution in [0.5, 0.6) is 0 Å². The summed E-state index contributed by atoms with van der Waals surface area (Å²) in [5, 5.41) is 10.9. The number of nitrogens with zero attached hydrogens (tertiary/aromatic N) is 3. The molecule has 136 valence electrons. The molecule has 7 heteroatoms. The highest BCUT2D eigenvalue weighted by Crippen LogP contribution is 2.10. The maximum Gasteiger partial charge on any atom is 0.191 e. The van der Waals surface area contributed by atoms with Crippen molar-refractivity contribution in [3.05, 3.63) is 53.9 Å². The molecule has 0 spiro atoms. The molecule has 1 fully saturated rings. The fraction of sp³-hybridized carbons (Fsp3) is 0.444. The maximum absolute atomic E-state index is 5.62. The minimum Gasteiger partial charge on any atom is -0.376 e. The summed E-state index contributed by atoms with van der Waals surface area (Å²) in [5.41, 5.74) is 2.46. The van der Waals surface area contributed by atoms with Crippen molar-refractivity contribution in [2.24, 2.45) is 4.99 Å². The Hall–Kier alpha value is -1.61. The van der Waals surface area contributed by atoms with Crippen molar-refractivity contribution in [2.75, 3.05) is 20.2 Å². The summed E-state index contributed by atoms with van der Waals surface area (Å²) in [7, 11) is 1.79. The Morgan fingerprint density at radius 3 is 2.92 bits per heavy atom. The number of nitrogens with one attached hydrogen (secondary N) is 2. The molecule has 1 aliphatic heterocycles. The summed E-state index contributed by atoms with van der Waals surface area (Å²) in [6, 6.07) is 10.5. The number of ether oxygens (including phenoxy) is 1. The van der Waals surface area contributed by atoms with E-state index in [4.69, 9.17) is 4.74 Å². The van der Waals surface area contributed by atoms with E-state index < -0.39 is 0 Å². The van der Waals surface area contributed by atoms with Gasteiger partial charge in [-0.05, 0) is 30.0 Å². The van der Waals surface area contributed by atoms with Crippen LogP contribution in [0.3, 0.4) is 0 Å². The minimum atomic E-state index is 0. The van der Waals surface area contributed by atoms with E-state index in [0.29, 0.717) is 6.10 Å². The van der Waals surface area contributed by atoms with E-state index in [0.717, 1.165) is 45.0 Å². The average molecular weight is 455 g/mol. The Kier molecular flexibility index (Phi) is 8.20. The number of aliphatic imine (C=N–C) groups is 1. The van der Waals surface area contributed by atoms with Crippen LogP contribution in [0.15, 0.2) is 47.7 Å². The molecule has 3 rings (SSSR count). The average Bonchev–Trinajstić information content (AvgIpc) is 3.29. The van der Waals surface area contributed by atoms with Gasteiger partial charge in [-0.25, -0.2) is 0 Å². The number of aromatic nitrogens is 2. The summed E-state index contributed by atoms with van der Waals surface area (Å²) in [6.45, 7) is 3.20. The molecule has 25 heavy (non-hydrogen) atoms. The van der Waals surface area contributed by atoms with Gasteiger partial charge in [-0.1, -0.05) is 24.3 Å². The molecule has 2 aromatic rings. The van der Waals surface area contributed by atoms with Crippen LogP contribution in [0, 0.1) is 0 Å². The van der Waals surface area contributed by atoms with E-state index in [9.17, 15) is 0 Å². The van der Waals surface area contributed by atoms with Crippen molar-refractivity contribution in [1.29, 1.82) is 0 Å². The molecule has 1 aromatic heterocycles. The Balaban J connectivity index is 0.00000225.